The van der Waals surface area contributed by atoms with Gasteiger partial charge in [-0.25, -0.2) is 19.1 Å². The molecule has 4 rings (SSSR count). The van der Waals surface area contributed by atoms with E-state index >= 15 is 0 Å². The molecule has 182 valence electrons. The van der Waals surface area contributed by atoms with Crippen molar-refractivity contribution in [3.8, 4) is 0 Å². The predicted molar refractivity (Wildman–Crippen MR) is 138 cm³/mol. The fourth-order valence-corrected chi connectivity index (χ4v) is 4.58. The maximum absolute atomic E-state index is 13.5. The van der Waals surface area contributed by atoms with Gasteiger partial charge in [-0.15, -0.1) is 0 Å². The van der Waals surface area contributed by atoms with Crippen LogP contribution in [0.25, 0.3) is 0 Å². The Hall–Kier alpha value is -3.19. The first-order valence-electron chi connectivity index (χ1n) is 10.7. The Balaban J connectivity index is 1.88. The molecule has 10 nitrogen and oxygen atoms in total. The largest absolute Gasteiger partial charge is 0.481 e. The zero-order chi connectivity index (χ0) is 25.3. The summed E-state index contributed by atoms with van der Waals surface area (Å²) in [7, 11) is 0. The third kappa shape index (κ3) is 5.40. The number of fused-ring (bicyclic) bond motifs is 1. The van der Waals surface area contributed by atoms with Crippen LogP contribution in [0.4, 0.5) is 11.4 Å². The summed E-state index contributed by atoms with van der Waals surface area (Å²) in [4.78, 5) is 56.7. The summed E-state index contributed by atoms with van der Waals surface area (Å²) in [5, 5.41) is 12.7. The van der Waals surface area contributed by atoms with Gasteiger partial charge in [0.15, 0.2) is 0 Å². The van der Waals surface area contributed by atoms with Crippen LogP contribution in [-0.2, 0) is 22.6 Å². The third-order valence-corrected chi connectivity index (χ3v) is 7.54. The predicted octanol–water partition coefficient (Wildman–Crippen LogP) is 2.81. The second-order valence-electron chi connectivity index (χ2n) is 8.12. The lowest BCUT2D eigenvalue weighted by molar-refractivity contribution is -0.141. The van der Waals surface area contributed by atoms with Crippen molar-refractivity contribution < 1.29 is 14.7 Å². The minimum absolute atomic E-state index is 0.0116. The number of rotatable bonds is 6. The molecule has 0 bridgehead atoms. The minimum Gasteiger partial charge on any atom is -0.481 e. The number of carbonyl (C=O) groups is 2. The van der Waals surface area contributed by atoms with Crippen molar-refractivity contribution in [1.82, 2.24) is 14.1 Å². The Morgan fingerprint density at radius 3 is 2.57 bits per heavy atom. The molecule has 12 heteroatoms. The molecular formula is C23H21ClIN5O5. The standard InChI is InChI=1S/C23H21ClIN5O5/c1-12(20(32)33)19(25)30-22(34)28-21(29(23(30)35)11-13-2-5-15(24)6-3-13)26-16-7-8-17-14(10-16)4-9-18(31)27-17/h2-3,5-8,10,12,19H,4,9,11H2,1H3,(H,27,31)(H,32,33)(H,26,28,34)/t12-,19-/m1/s1. The fourth-order valence-electron chi connectivity index (χ4n) is 3.65. The highest BCUT2D eigenvalue weighted by Crippen LogP contribution is 2.27. The van der Waals surface area contributed by atoms with Crippen molar-refractivity contribution in [2.45, 2.75) is 30.4 Å². The van der Waals surface area contributed by atoms with E-state index in [0.29, 0.717) is 29.2 Å². The number of alkyl halides is 1. The zero-order valence-corrected chi connectivity index (χ0v) is 21.4. The van der Waals surface area contributed by atoms with Crippen LogP contribution in [0.3, 0.4) is 0 Å². The van der Waals surface area contributed by atoms with Crippen molar-refractivity contribution in [2.75, 3.05) is 5.32 Å². The average molecular weight is 610 g/mol. The average Bonchev–Trinajstić information content (AvgIpc) is 2.82. The molecule has 1 aliphatic rings. The second kappa shape index (κ2) is 10.2. The quantitative estimate of drug-likeness (QED) is 0.292. The summed E-state index contributed by atoms with van der Waals surface area (Å²) in [6.07, 6.45) is 0.912. The van der Waals surface area contributed by atoms with Crippen molar-refractivity contribution in [3.63, 3.8) is 0 Å². The smallest absolute Gasteiger partial charge is 0.336 e. The normalized spacial score (nSPS) is 15.3. The molecule has 0 radical (unpaired) electrons. The molecule has 2 atom stereocenters. The number of H-pyrrole nitrogens is 1. The number of nitrogens with one attached hydrogen (secondary N) is 2. The Kier molecular flexibility index (Phi) is 7.26. The lowest BCUT2D eigenvalue weighted by Crippen LogP contribution is -2.51. The van der Waals surface area contributed by atoms with Crippen LogP contribution < -0.4 is 22.3 Å². The lowest BCUT2D eigenvalue weighted by Gasteiger charge is -2.18. The van der Waals surface area contributed by atoms with Gasteiger partial charge in [0, 0.05) is 17.1 Å². The van der Waals surface area contributed by atoms with Crippen LogP contribution in [0.1, 0.15) is 28.5 Å². The molecule has 0 unspecified atom stereocenters. The van der Waals surface area contributed by atoms with E-state index in [1.54, 1.807) is 65.1 Å². The molecule has 2 aromatic carbocycles. The molecule has 0 spiro atoms. The number of aryl methyl sites for hydroxylation is 1. The van der Waals surface area contributed by atoms with Crippen molar-refractivity contribution in [3.05, 3.63) is 85.2 Å². The van der Waals surface area contributed by atoms with Crippen LogP contribution in [-0.4, -0.2) is 31.1 Å². The van der Waals surface area contributed by atoms with E-state index in [-0.39, 0.29) is 18.1 Å². The first-order chi connectivity index (χ1) is 16.6. The zero-order valence-electron chi connectivity index (χ0n) is 18.5. The van der Waals surface area contributed by atoms with Crippen LogP contribution in [0.15, 0.2) is 57.0 Å². The topological polar surface area (TPSA) is 139 Å². The first kappa shape index (κ1) is 24.9. The van der Waals surface area contributed by atoms with Crippen LogP contribution in [0.5, 0.6) is 0 Å². The van der Waals surface area contributed by atoms with Gasteiger partial charge in [-0.3, -0.25) is 19.1 Å². The van der Waals surface area contributed by atoms with Gasteiger partial charge in [-0.1, -0.05) is 46.3 Å². The van der Waals surface area contributed by atoms with E-state index in [1.165, 1.54) is 11.5 Å². The van der Waals surface area contributed by atoms with Crippen LogP contribution in [0.2, 0.25) is 5.02 Å². The van der Waals surface area contributed by atoms with Crippen LogP contribution in [0, 0.1) is 5.92 Å². The fraction of sp³-hybridized carbons (Fsp3) is 0.261. The number of aromatic amines is 1. The van der Waals surface area contributed by atoms with Crippen LogP contribution >= 0.6 is 34.2 Å². The number of hydrogen-bond acceptors (Lipinski definition) is 5. The molecule has 1 aromatic heterocycles. The highest BCUT2D eigenvalue weighted by Gasteiger charge is 2.26. The maximum atomic E-state index is 13.5. The number of carboxylic acid groups (broad SMARTS) is 1. The molecule has 2 heterocycles. The number of aromatic nitrogens is 3. The second-order valence-corrected chi connectivity index (χ2v) is 9.83. The molecule has 0 aliphatic carbocycles. The molecule has 35 heavy (non-hydrogen) atoms. The van der Waals surface area contributed by atoms with Gasteiger partial charge in [-0.2, -0.15) is 0 Å². The van der Waals surface area contributed by atoms with Crippen molar-refractivity contribution in [1.29, 1.82) is 0 Å². The van der Waals surface area contributed by atoms with Crippen molar-refractivity contribution in [2.24, 2.45) is 10.9 Å². The number of amides is 1. The number of anilines is 1. The highest BCUT2D eigenvalue weighted by atomic mass is 127. The number of benzene rings is 2. The number of halogens is 2. The number of carboxylic acids is 1. The Morgan fingerprint density at radius 2 is 1.89 bits per heavy atom. The number of nitrogens with zero attached hydrogens (tertiary/aromatic N) is 3. The number of carbonyl (C=O) groups excluding carboxylic acids is 1. The van der Waals surface area contributed by atoms with E-state index in [9.17, 15) is 24.3 Å². The SMILES string of the molecule is C[C@@H](C(=O)O)[C@H](I)n1c(=O)[nH]/c(=N\c2ccc3c(c2)CCC(=O)N3)n(Cc2ccc(Cl)cc2)c1=O. The molecule has 0 saturated carbocycles. The monoisotopic (exact) mass is 609 g/mol. The van der Waals surface area contributed by atoms with Gasteiger partial charge >= 0.3 is 17.3 Å². The maximum Gasteiger partial charge on any atom is 0.336 e. The first-order valence-corrected chi connectivity index (χ1v) is 12.3. The molecule has 0 saturated heterocycles. The molecule has 3 N–H and O–H groups in total. The molecule has 1 amide bonds. The molecular weight excluding hydrogens is 589 g/mol. The number of aliphatic carboxylic acids is 1. The Labute approximate surface area is 217 Å². The van der Waals surface area contributed by atoms with E-state index in [2.05, 4.69) is 15.3 Å². The van der Waals surface area contributed by atoms with Gasteiger partial charge in [0.05, 0.1) is 18.2 Å². The molecule has 0 fully saturated rings. The van der Waals surface area contributed by atoms with Gasteiger partial charge in [0.1, 0.15) is 4.05 Å². The minimum atomic E-state index is -1.13. The third-order valence-electron chi connectivity index (χ3n) is 5.65. The van der Waals surface area contributed by atoms with E-state index in [0.717, 1.165) is 15.7 Å². The molecule has 3 aromatic rings. The summed E-state index contributed by atoms with van der Waals surface area (Å²) in [6, 6.07) is 12.1. The van der Waals surface area contributed by atoms with E-state index < -0.39 is 27.3 Å². The van der Waals surface area contributed by atoms with Gasteiger partial charge in [0.2, 0.25) is 11.5 Å². The van der Waals surface area contributed by atoms with Gasteiger partial charge in [0.25, 0.3) is 0 Å². The number of hydrogen-bond donors (Lipinski definition) is 3. The van der Waals surface area contributed by atoms with Gasteiger partial charge in [-0.05, 0) is 54.8 Å². The highest BCUT2D eigenvalue weighted by molar-refractivity contribution is 14.1. The molecule has 1 aliphatic heterocycles. The lowest BCUT2D eigenvalue weighted by atomic mass is 10.0. The van der Waals surface area contributed by atoms with Gasteiger partial charge < -0.3 is 10.4 Å². The summed E-state index contributed by atoms with van der Waals surface area (Å²) < 4.78 is 1.24. The Bertz CT molecular complexity index is 1490. The van der Waals surface area contributed by atoms with Crippen molar-refractivity contribution >= 4 is 57.4 Å². The van der Waals surface area contributed by atoms with E-state index in [4.69, 9.17) is 11.6 Å². The Morgan fingerprint density at radius 1 is 1.17 bits per heavy atom. The summed E-state index contributed by atoms with van der Waals surface area (Å²) in [5.74, 6) is -2.17. The van der Waals surface area contributed by atoms with E-state index in [1.807, 2.05) is 0 Å². The summed E-state index contributed by atoms with van der Waals surface area (Å²) in [5.41, 5.74) is 1.37. The summed E-state index contributed by atoms with van der Waals surface area (Å²) >= 11 is 7.76. The summed E-state index contributed by atoms with van der Waals surface area (Å²) in [6.45, 7) is 1.50.